The standard InChI is InChI=1S/C23H25N3O7/c1-32-22(28)19(14-16-9-11-18(12-10-16)26(30)31)24-21(27)20-8-5-13-25(20)23(29)33-15-17-6-3-2-4-7-17/h2-4,6-7,9-12,19-20H,5,8,13-15H2,1H3,(H,24,27)/t19-,20+/m0/s1. The summed E-state index contributed by atoms with van der Waals surface area (Å²) in [4.78, 5) is 49.4. The van der Waals surface area contributed by atoms with Gasteiger partial charge >= 0.3 is 12.1 Å². The normalized spacial score (nSPS) is 16.0. The Morgan fingerprint density at radius 1 is 1.12 bits per heavy atom. The van der Waals surface area contributed by atoms with Crippen LogP contribution in [0.4, 0.5) is 10.5 Å². The highest BCUT2D eigenvalue weighted by atomic mass is 16.6. The van der Waals surface area contributed by atoms with Gasteiger partial charge in [0.25, 0.3) is 5.69 Å². The number of carbonyl (C=O) groups excluding carboxylic acids is 3. The van der Waals surface area contributed by atoms with Crippen molar-refractivity contribution in [2.75, 3.05) is 13.7 Å². The van der Waals surface area contributed by atoms with Gasteiger partial charge in [-0.2, -0.15) is 0 Å². The summed E-state index contributed by atoms with van der Waals surface area (Å²) >= 11 is 0. The van der Waals surface area contributed by atoms with E-state index < -0.39 is 35.0 Å². The van der Waals surface area contributed by atoms with Gasteiger partial charge in [0.2, 0.25) is 5.91 Å². The first kappa shape index (κ1) is 23.7. The predicted molar refractivity (Wildman–Crippen MR) is 117 cm³/mol. The number of amides is 2. The quantitative estimate of drug-likeness (QED) is 0.368. The molecule has 0 aliphatic carbocycles. The van der Waals surface area contributed by atoms with Crippen molar-refractivity contribution < 1.29 is 28.8 Å². The van der Waals surface area contributed by atoms with E-state index in [2.05, 4.69) is 5.32 Å². The lowest BCUT2D eigenvalue weighted by Crippen LogP contribution is -2.51. The number of esters is 1. The van der Waals surface area contributed by atoms with Crippen LogP contribution in [0.25, 0.3) is 0 Å². The van der Waals surface area contributed by atoms with E-state index in [9.17, 15) is 24.5 Å². The van der Waals surface area contributed by atoms with Crippen molar-refractivity contribution >= 4 is 23.7 Å². The second kappa shape index (κ2) is 11.1. The van der Waals surface area contributed by atoms with Crippen LogP contribution in [0.1, 0.15) is 24.0 Å². The van der Waals surface area contributed by atoms with Crippen molar-refractivity contribution in [3.05, 3.63) is 75.8 Å². The van der Waals surface area contributed by atoms with Crippen LogP contribution in [0.15, 0.2) is 54.6 Å². The maximum atomic E-state index is 12.9. The minimum atomic E-state index is -1.01. The molecule has 0 saturated carbocycles. The Balaban J connectivity index is 1.63. The van der Waals surface area contributed by atoms with E-state index >= 15 is 0 Å². The molecule has 0 spiro atoms. The fraction of sp³-hybridized carbons (Fsp3) is 0.348. The van der Waals surface area contributed by atoms with Crippen LogP contribution in [0.2, 0.25) is 0 Å². The molecule has 1 aliphatic rings. The molecule has 1 N–H and O–H groups in total. The summed E-state index contributed by atoms with van der Waals surface area (Å²) in [6, 6.07) is 13.1. The molecule has 1 heterocycles. The number of hydrogen-bond acceptors (Lipinski definition) is 7. The zero-order valence-electron chi connectivity index (χ0n) is 18.1. The molecule has 10 nitrogen and oxygen atoms in total. The average molecular weight is 455 g/mol. The van der Waals surface area contributed by atoms with Gasteiger partial charge in [0.05, 0.1) is 12.0 Å². The van der Waals surface area contributed by atoms with Crippen molar-refractivity contribution in [3.63, 3.8) is 0 Å². The molecular formula is C23H25N3O7. The summed E-state index contributed by atoms with van der Waals surface area (Å²) in [7, 11) is 1.21. The van der Waals surface area contributed by atoms with Gasteiger partial charge in [-0.15, -0.1) is 0 Å². The molecule has 2 atom stereocenters. The number of hydrogen-bond donors (Lipinski definition) is 1. The molecule has 0 radical (unpaired) electrons. The molecule has 33 heavy (non-hydrogen) atoms. The number of benzene rings is 2. The third-order valence-electron chi connectivity index (χ3n) is 5.38. The molecule has 1 aliphatic heterocycles. The number of likely N-dealkylation sites (tertiary alicyclic amines) is 1. The van der Waals surface area contributed by atoms with E-state index in [-0.39, 0.29) is 18.7 Å². The zero-order valence-corrected chi connectivity index (χ0v) is 18.1. The summed E-state index contributed by atoms with van der Waals surface area (Å²) in [5.41, 5.74) is 1.37. The summed E-state index contributed by atoms with van der Waals surface area (Å²) in [5, 5.41) is 13.5. The SMILES string of the molecule is COC(=O)[C@H](Cc1ccc([N+](=O)[O-])cc1)NC(=O)[C@H]1CCCN1C(=O)OCc1ccccc1. The highest BCUT2D eigenvalue weighted by Gasteiger charge is 2.37. The minimum absolute atomic E-state index is 0.0759. The number of nitrogens with zero attached hydrogens (tertiary/aromatic N) is 2. The first-order valence-electron chi connectivity index (χ1n) is 10.5. The van der Waals surface area contributed by atoms with Gasteiger partial charge in [0, 0.05) is 25.1 Å². The molecular weight excluding hydrogens is 430 g/mol. The number of nitro benzene ring substituents is 1. The van der Waals surface area contributed by atoms with Crippen LogP contribution in [0.5, 0.6) is 0 Å². The van der Waals surface area contributed by atoms with E-state index in [4.69, 9.17) is 9.47 Å². The number of carbonyl (C=O) groups is 3. The van der Waals surface area contributed by atoms with E-state index in [1.807, 2.05) is 30.3 Å². The highest BCUT2D eigenvalue weighted by Crippen LogP contribution is 2.20. The van der Waals surface area contributed by atoms with Gasteiger partial charge in [0.15, 0.2) is 0 Å². The van der Waals surface area contributed by atoms with Gasteiger partial charge in [-0.05, 0) is 24.0 Å². The van der Waals surface area contributed by atoms with E-state index in [0.717, 1.165) is 5.56 Å². The fourth-order valence-corrected chi connectivity index (χ4v) is 3.65. The smallest absolute Gasteiger partial charge is 0.410 e. The second-order valence-corrected chi connectivity index (χ2v) is 7.60. The molecule has 174 valence electrons. The third-order valence-corrected chi connectivity index (χ3v) is 5.38. The van der Waals surface area contributed by atoms with Gasteiger partial charge in [-0.25, -0.2) is 9.59 Å². The predicted octanol–water partition coefficient (Wildman–Crippen LogP) is 2.60. The number of nitrogens with one attached hydrogen (secondary N) is 1. The minimum Gasteiger partial charge on any atom is -0.467 e. The summed E-state index contributed by atoms with van der Waals surface area (Å²) in [5.74, 6) is -1.14. The van der Waals surface area contributed by atoms with Crippen molar-refractivity contribution in [1.29, 1.82) is 0 Å². The molecule has 2 aromatic carbocycles. The number of non-ortho nitro benzene ring substituents is 1. The Bertz CT molecular complexity index is 995. The topological polar surface area (TPSA) is 128 Å². The van der Waals surface area contributed by atoms with Crippen LogP contribution >= 0.6 is 0 Å². The van der Waals surface area contributed by atoms with Gasteiger partial charge in [0.1, 0.15) is 18.7 Å². The molecule has 0 aromatic heterocycles. The Morgan fingerprint density at radius 3 is 2.45 bits per heavy atom. The van der Waals surface area contributed by atoms with Gasteiger partial charge in [-0.1, -0.05) is 42.5 Å². The van der Waals surface area contributed by atoms with Crippen molar-refractivity contribution in [1.82, 2.24) is 10.2 Å². The number of rotatable bonds is 8. The highest BCUT2D eigenvalue weighted by molar-refractivity contribution is 5.90. The number of methoxy groups -OCH3 is 1. The van der Waals surface area contributed by atoms with Crippen LogP contribution in [0.3, 0.4) is 0 Å². The first-order chi connectivity index (χ1) is 15.9. The summed E-state index contributed by atoms with van der Waals surface area (Å²) in [6.07, 6.45) is 0.560. The Morgan fingerprint density at radius 2 is 1.82 bits per heavy atom. The summed E-state index contributed by atoms with van der Waals surface area (Å²) < 4.78 is 10.2. The molecule has 3 rings (SSSR count). The molecule has 0 unspecified atom stereocenters. The third kappa shape index (κ3) is 6.28. The molecule has 1 fully saturated rings. The number of ether oxygens (including phenoxy) is 2. The second-order valence-electron chi connectivity index (χ2n) is 7.60. The van der Waals surface area contributed by atoms with Crippen LogP contribution < -0.4 is 5.32 Å². The average Bonchev–Trinajstić information content (AvgIpc) is 3.33. The Labute approximate surface area is 190 Å². The fourth-order valence-electron chi connectivity index (χ4n) is 3.65. The lowest BCUT2D eigenvalue weighted by Gasteiger charge is -2.25. The van der Waals surface area contributed by atoms with Crippen molar-refractivity contribution in [3.8, 4) is 0 Å². The first-order valence-corrected chi connectivity index (χ1v) is 10.5. The van der Waals surface area contributed by atoms with Gasteiger partial charge < -0.3 is 14.8 Å². The molecule has 1 saturated heterocycles. The number of nitro groups is 1. The summed E-state index contributed by atoms with van der Waals surface area (Å²) in [6.45, 7) is 0.465. The Kier molecular flexibility index (Phi) is 7.96. The molecule has 0 bridgehead atoms. The maximum absolute atomic E-state index is 12.9. The molecule has 10 heteroatoms. The van der Waals surface area contributed by atoms with E-state index in [1.54, 1.807) is 0 Å². The lowest BCUT2D eigenvalue weighted by atomic mass is 10.0. The Hall–Kier alpha value is -3.95. The lowest BCUT2D eigenvalue weighted by molar-refractivity contribution is -0.384. The zero-order chi connectivity index (χ0) is 23.8. The van der Waals surface area contributed by atoms with Crippen LogP contribution in [-0.2, 0) is 32.1 Å². The van der Waals surface area contributed by atoms with E-state index in [0.29, 0.717) is 24.9 Å². The monoisotopic (exact) mass is 455 g/mol. The van der Waals surface area contributed by atoms with E-state index in [1.165, 1.54) is 36.3 Å². The molecule has 2 amide bonds. The largest absolute Gasteiger partial charge is 0.467 e. The van der Waals surface area contributed by atoms with Crippen LogP contribution in [-0.4, -0.2) is 53.5 Å². The van der Waals surface area contributed by atoms with Crippen LogP contribution in [0, 0.1) is 10.1 Å². The van der Waals surface area contributed by atoms with Crippen molar-refractivity contribution in [2.45, 2.75) is 38.0 Å². The van der Waals surface area contributed by atoms with Crippen molar-refractivity contribution in [2.24, 2.45) is 0 Å². The maximum Gasteiger partial charge on any atom is 0.410 e. The van der Waals surface area contributed by atoms with Gasteiger partial charge in [-0.3, -0.25) is 19.8 Å². The molecule has 2 aromatic rings.